The molecule has 0 saturated carbocycles. The smallest absolute Gasteiger partial charge is 0.408 e. The Morgan fingerprint density at radius 1 is 1.12 bits per heavy atom. The van der Waals surface area contributed by atoms with Crippen LogP contribution in [0.1, 0.15) is 31.4 Å². The molecule has 5 heteroatoms. The second-order valence-corrected chi connectivity index (χ2v) is 6.18. The van der Waals surface area contributed by atoms with Crippen LogP contribution in [0.15, 0.2) is 63.8 Å². The van der Waals surface area contributed by atoms with Crippen LogP contribution < -0.4 is 5.76 Å². The number of fused-ring (bicyclic) bond motifs is 1. The predicted molar refractivity (Wildman–Crippen MR) is 97.3 cm³/mol. The minimum absolute atomic E-state index is 0.0196. The van der Waals surface area contributed by atoms with Gasteiger partial charge < -0.3 is 9.32 Å². The zero-order valence-corrected chi connectivity index (χ0v) is 14.5. The molecule has 0 bridgehead atoms. The lowest BCUT2D eigenvalue weighted by molar-refractivity contribution is -0.131. The molecule has 0 spiro atoms. The van der Waals surface area contributed by atoms with Crippen LogP contribution in [0.3, 0.4) is 0 Å². The summed E-state index contributed by atoms with van der Waals surface area (Å²) < 4.78 is 6.80. The van der Waals surface area contributed by atoms with Crippen molar-refractivity contribution in [2.45, 2.75) is 32.4 Å². The number of nitrogens with zero attached hydrogens (tertiary/aromatic N) is 2. The predicted octanol–water partition coefficient (Wildman–Crippen LogP) is 3.59. The molecular weight excluding hydrogens is 316 g/mol. The van der Waals surface area contributed by atoms with Gasteiger partial charge in [-0.1, -0.05) is 42.5 Å². The molecule has 1 aromatic heterocycles. The molecule has 25 heavy (non-hydrogen) atoms. The number of aryl methyl sites for hydroxylation is 1. The molecule has 0 radical (unpaired) electrons. The lowest BCUT2D eigenvalue weighted by Gasteiger charge is -2.25. The highest BCUT2D eigenvalue weighted by molar-refractivity contribution is 5.76. The second kappa shape index (κ2) is 7.38. The van der Waals surface area contributed by atoms with Gasteiger partial charge in [0.2, 0.25) is 5.91 Å². The van der Waals surface area contributed by atoms with Crippen molar-refractivity contribution in [1.82, 2.24) is 9.47 Å². The summed E-state index contributed by atoms with van der Waals surface area (Å²) in [5.41, 5.74) is 2.45. The Morgan fingerprint density at radius 2 is 1.80 bits per heavy atom. The maximum Gasteiger partial charge on any atom is 0.419 e. The van der Waals surface area contributed by atoms with Gasteiger partial charge in [-0.25, -0.2) is 4.79 Å². The highest BCUT2D eigenvalue weighted by atomic mass is 16.4. The van der Waals surface area contributed by atoms with E-state index in [9.17, 15) is 9.59 Å². The maximum absolute atomic E-state index is 12.4. The van der Waals surface area contributed by atoms with Gasteiger partial charge in [0.1, 0.15) is 0 Å². The van der Waals surface area contributed by atoms with Crippen molar-refractivity contribution in [2.24, 2.45) is 0 Å². The highest BCUT2D eigenvalue weighted by Gasteiger charge is 2.17. The summed E-state index contributed by atoms with van der Waals surface area (Å²) >= 11 is 0. The summed E-state index contributed by atoms with van der Waals surface area (Å²) in [4.78, 5) is 26.1. The van der Waals surface area contributed by atoms with Crippen LogP contribution in [0.5, 0.6) is 0 Å². The van der Waals surface area contributed by atoms with Gasteiger partial charge in [-0.15, -0.1) is 0 Å². The number of para-hydroxylation sites is 2. The molecule has 2 aromatic carbocycles. The molecule has 1 heterocycles. The monoisotopic (exact) mass is 338 g/mol. The van der Waals surface area contributed by atoms with Gasteiger partial charge in [-0.3, -0.25) is 9.36 Å². The third kappa shape index (κ3) is 3.65. The molecule has 3 rings (SSSR count). The Kier molecular flexibility index (Phi) is 5.03. The fourth-order valence-electron chi connectivity index (χ4n) is 2.96. The molecule has 0 saturated heterocycles. The third-order valence-electron chi connectivity index (χ3n) is 4.60. The van der Waals surface area contributed by atoms with E-state index in [1.807, 2.05) is 62.5 Å². The van der Waals surface area contributed by atoms with E-state index in [0.29, 0.717) is 25.0 Å². The first-order valence-corrected chi connectivity index (χ1v) is 8.47. The fraction of sp³-hybridized carbons (Fsp3) is 0.300. The Balaban J connectivity index is 1.60. The van der Waals surface area contributed by atoms with Crippen LogP contribution in [0, 0.1) is 0 Å². The molecular formula is C20H22N2O3. The molecule has 3 aromatic rings. The van der Waals surface area contributed by atoms with E-state index < -0.39 is 0 Å². The van der Waals surface area contributed by atoms with E-state index in [4.69, 9.17) is 4.42 Å². The van der Waals surface area contributed by atoms with Crippen molar-refractivity contribution in [3.05, 3.63) is 70.7 Å². The Hall–Kier alpha value is -2.82. The molecule has 0 N–H and O–H groups in total. The van der Waals surface area contributed by atoms with Crippen molar-refractivity contribution in [2.75, 3.05) is 7.05 Å². The summed E-state index contributed by atoms with van der Waals surface area (Å²) in [6, 6.07) is 17.3. The quantitative estimate of drug-likeness (QED) is 0.690. The number of carbonyl (C=O) groups excluding carboxylic acids is 1. The highest BCUT2D eigenvalue weighted by Crippen LogP contribution is 2.19. The van der Waals surface area contributed by atoms with Crippen LogP contribution in [0.4, 0.5) is 0 Å². The van der Waals surface area contributed by atoms with E-state index in [1.165, 1.54) is 0 Å². The summed E-state index contributed by atoms with van der Waals surface area (Å²) in [7, 11) is 1.82. The Bertz CT molecular complexity index is 911. The molecule has 1 amide bonds. The lowest BCUT2D eigenvalue weighted by Crippen LogP contribution is -2.29. The van der Waals surface area contributed by atoms with Crippen LogP contribution in [0.25, 0.3) is 11.1 Å². The summed E-state index contributed by atoms with van der Waals surface area (Å²) in [6.07, 6.45) is 0.980. The van der Waals surface area contributed by atoms with E-state index in [1.54, 1.807) is 15.5 Å². The minimum Gasteiger partial charge on any atom is -0.408 e. The number of oxazole rings is 1. The Morgan fingerprint density at radius 3 is 2.56 bits per heavy atom. The molecule has 5 nitrogen and oxygen atoms in total. The number of carbonyl (C=O) groups is 1. The average molecular weight is 338 g/mol. The van der Waals surface area contributed by atoms with Crippen LogP contribution in [0.2, 0.25) is 0 Å². The largest absolute Gasteiger partial charge is 0.419 e. The van der Waals surface area contributed by atoms with Gasteiger partial charge in [0.15, 0.2) is 5.58 Å². The van der Waals surface area contributed by atoms with Gasteiger partial charge in [0.25, 0.3) is 0 Å². The number of aromatic nitrogens is 1. The van der Waals surface area contributed by atoms with Gasteiger partial charge >= 0.3 is 5.76 Å². The van der Waals surface area contributed by atoms with E-state index in [0.717, 1.165) is 11.1 Å². The minimum atomic E-state index is -0.375. The molecule has 0 aliphatic rings. The zero-order valence-electron chi connectivity index (χ0n) is 14.5. The van der Waals surface area contributed by atoms with Gasteiger partial charge in [0, 0.05) is 20.0 Å². The number of benzene rings is 2. The zero-order chi connectivity index (χ0) is 17.8. The Labute approximate surface area is 146 Å². The molecule has 0 fully saturated rings. The van der Waals surface area contributed by atoms with Crippen molar-refractivity contribution < 1.29 is 9.21 Å². The first kappa shape index (κ1) is 17.0. The molecule has 130 valence electrons. The van der Waals surface area contributed by atoms with Crippen LogP contribution in [-0.4, -0.2) is 22.4 Å². The summed E-state index contributed by atoms with van der Waals surface area (Å²) in [5.74, 6) is -0.308. The second-order valence-electron chi connectivity index (χ2n) is 6.18. The van der Waals surface area contributed by atoms with Crippen LogP contribution >= 0.6 is 0 Å². The SMILES string of the molecule is CC(c1ccccc1)N(C)C(=O)CCCn1c(=O)oc2ccccc21. The van der Waals surface area contributed by atoms with Crippen molar-refractivity contribution in [3.8, 4) is 0 Å². The molecule has 0 aliphatic heterocycles. The number of hydrogen-bond donors (Lipinski definition) is 0. The summed E-state index contributed by atoms with van der Waals surface area (Å²) in [5, 5.41) is 0. The first-order valence-electron chi connectivity index (χ1n) is 8.47. The van der Waals surface area contributed by atoms with Gasteiger partial charge in [-0.2, -0.15) is 0 Å². The first-order chi connectivity index (χ1) is 12.1. The standard InChI is InChI=1S/C20H22N2O3/c1-15(16-9-4-3-5-10-16)21(2)19(23)13-8-14-22-17-11-6-7-12-18(17)25-20(22)24/h3-7,9-12,15H,8,13-14H2,1-2H3. The molecule has 1 unspecified atom stereocenters. The third-order valence-corrected chi connectivity index (χ3v) is 4.60. The summed E-state index contributed by atoms with van der Waals surface area (Å²) in [6.45, 7) is 2.48. The average Bonchev–Trinajstić information content (AvgIpc) is 2.96. The number of amides is 1. The van der Waals surface area contributed by atoms with E-state index >= 15 is 0 Å². The van der Waals surface area contributed by atoms with Gasteiger partial charge in [-0.05, 0) is 31.0 Å². The molecule has 0 aliphatic carbocycles. The van der Waals surface area contributed by atoms with E-state index in [-0.39, 0.29) is 17.7 Å². The topological polar surface area (TPSA) is 55.5 Å². The fourth-order valence-corrected chi connectivity index (χ4v) is 2.96. The lowest BCUT2D eigenvalue weighted by atomic mass is 10.1. The van der Waals surface area contributed by atoms with Crippen molar-refractivity contribution >= 4 is 17.0 Å². The van der Waals surface area contributed by atoms with E-state index in [2.05, 4.69) is 0 Å². The number of rotatable bonds is 6. The maximum atomic E-state index is 12.4. The van der Waals surface area contributed by atoms with Crippen LogP contribution in [-0.2, 0) is 11.3 Å². The molecule has 1 atom stereocenters. The van der Waals surface area contributed by atoms with Gasteiger partial charge in [0.05, 0.1) is 11.6 Å². The van der Waals surface area contributed by atoms with Crippen molar-refractivity contribution in [1.29, 1.82) is 0 Å². The normalized spacial score (nSPS) is 12.2. The van der Waals surface area contributed by atoms with Crippen molar-refractivity contribution in [3.63, 3.8) is 0 Å². The number of hydrogen-bond acceptors (Lipinski definition) is 3.